The number of hydrogen-bond acceptors (Lipinski definition) is 3. The molecule has 29 heavy (non-hydrogen) atoms. The molecule has 1 aliphatic heterocycles. The molecule has 1 atom stereocenters. The molecule has 2 N–H and O–H groups in total. The fourth-order valence-electron chi connectivity index (χ4n) is 3.60. The number of halogens is 1. The van der Waals surface area contributed by atoms with E-state index in [1.807, 2.05) is 38.1 Å². The highest BCUT2D eigenvalue weighted by Crippen LogP contribution is 2.33. The SMILES string of the molecule is Cc1ccc2c(NC(=O)C3=CNC(=O)C[C@H]3c3ccc(F)cc3)c(C)ccc2n1. The van der Waals surface area contributed by atoms with E-state index < -0.39 is 5.92 Å². The quantitative estimate of drug-likeness (QED) is 0.708. The lowest BCUT2D eigenvalue weighted by atomic mass is 9.86. The van der Waals surface area contributed by atoms with Crippen LogP contribution < -0.4 is 10.6 Å². The normalized spacial score (nSPS) is 16.3. The van der Waals surface area contributed by atoms with E-state index in [1.165, 1.54) is 18.3 Å². The van der Waals surface area contributed by atoms with Crippen LogP contribution in [0.5, 0.6) is 0 Å². The minimum atomic E-state index is -0.444. The van der Waals surface area contributed by atoms with Gasteiger partial charge in [-0.05, 0) is 55.3 Å². The van der Waals surface area contributed by atoms with Crippen molar-refractivity contribution in [3.63, 3.8) is 0 Å². The molecule has 2 heterocycles. The van der Waals surface area contributed by atoms with Gasteiger partial charge in [-0.15, -0.1) is 0 Å². The summed E-state index contributed by atoms with van der Waals surface area (Å²) in [6.07, 6.45) is 1.57. The molecule has 5 nitrogen and oxygen atoms in total. The van der Waals surface area contributed by atoms with Gasteiger partial charge in [-0.3, -0.25) is 14.6 Å². The highest BCUT2D eigenvalue weighted by Gasteiger charge is 2.29. The van der Waals surface area contributed by atoms with E-state index in [0.29, 0.717) is 11.3 Å². The molecule has 146 valence electrons. The number of amides is 2. The van der Waals surface area contributed by atoms with Gasteiger partial charge in [-0.2, -0.15) is 0 Å². The van der Waals surface area contributed by atoms with Gasteiger partial charge in [0.05, 0.1) is 11.2 Å². The van der Waals surface area contributed by atoms with Crippen molar-refractivity contribution in [2.24, 2.45) is 0 Å². The molecule has 3 aromatic rings. The number of nitrogens with one attached hydrogen (secondary N) is 2. The van der Waals surface area contributed by atoms with Crippen LogP contribution in [0.3, 0.4) is 0 Å². The summed E-state index contributed by atoms with van der Waals surface area (Å²) in [5.41, 5.74) is 4.44. The molecule has 0 bridgehead atoms. The van der Waals surface area contributed by atoms with Gasteiger partial charge < -0.3 is 10.6 Å². The van der Waals surface area contributed by atoms with Gasteiger partial charge in [0.15, 0.2) is 0 Å². The van der Waals surface area contributed by atoms with Crippen molar-refractivity contribution in [2.45, 2.75) is 26.2 Å². The Labute approximate surface area is 167 Å². The lowest BCUT2D eigenvalue weighted by Crippen LogP contribution is -2.32. The molecular weight excluding hydrogens is 369 g/mol. The molecule has 4 rings (SSSR count). The highest BCUT2D eigenvalue weighted by atomic mass is 19.1. The van der Waals surface area contributed by atoms with Crippen molar-refractivity contribution in [3.8, 4) is 0 Å². The molecule has 0 unspecified atom stereocenters. The third-order valence-corrected chi connectivity index (χ3v) is 5.15. The highest BCUT2D eigenvalue weighted by molar-refractivity contribution is 6.10. The molecule has 0 spiro atoms. The number of aromatic nitrogens is 1. The summed E-state index contributed by atoms with van der Waals surface area (Å²) >= 11 is 0. The van der Waals surface area contributed by atoms with Gasteiger partial charge in [0.25, 0.3) is 5.91 Å². The number of anilines is 1. The first-order valence-corrected chi connectivity index (χ1v) is 9.35. The van der Waals surface area contributed by atoms with Gasteiger partial charge in [0.2, 0.25) is 5.91 Å². The monoisotopic (exact) mass is 389 g/mol. The van der Waals surface area contributed by atoms with Crippen LogP contribution >= 0.6 is 0 Å². The number of pyridine rings is 1. The minimum Gasteiger partial charge on any atom is -0.332 e. The van der Waals surface area contributed by atoms with Crippen LogP contribution in [-0.4, -0.2) is 16.8 Å². The number of carbonyl (C=O) groups is 2. The summed E-state index contributed by atoms with van der Waals surface area (Å²) in [6.45, 7) is 3.84. The molecule has 0 saturated heterocycles. The average Bonchev–Trinajstić information content (AvgIpc) is 2.70. The van der Waals surface area contributed by atoms with E-state index in [9.17, 15) is 14.0 Å². The molecule has 0 aliphatic carbocycles. The van der Waals surface area contributed by atoms with Crippen LogP contribution in [0.1, 0.15) is 29.2 Å². The lowest BCUT2D eigenvalue weighted by molar-refractivity contribution is -0.121. The van der Waals surface area contributed by atoms with Crippen molar-refractivity contribution < 1.29 is 14.0 Å². The van der Waals surface area contributed by atoms with Crippen molar-refractivity contribution in [1.29, 1.82) is 0 Å². The first-order chi connectivity index (χ1) is 13.9. The standard InChI is InChI=1S/C23H20FN3O2/c1-13-3-10-20-17(9-4-14(2)26-20)22(13)27-23(29)19-12-25-21(28)11-18(19)15-5-7-16(24)8-6-15/h3-10,12,18H,11H2,1-2H3,(H,25,28)(H,27,29)/t18-/m0/s1. The number of fused-ring (bicyclic) bond motifs is 1. The van der Waals surface area contributed by atoms with E-state index >= 15 is 0 Å². The lowest BCUT2D eigenvalue weighted by Gasteiger charge is -2.24. The molecule has 6 heteroatoms. The average molecular weight is 389 g/mol. The summed E-state index contributed by atoms with van der Waals surface area (Å²) in [6, 6.07) is 13.6. The van der Waals surface area contributed by atoms with E-state index in [-0.39, 0.29) is 24.1 Å². The molecule has 0 fully saturated rings. The maximum atomic E-state index is 13.3. The Hall–Kier alpha value is -3.54. The number of aryl methyl sites for hydroxylation is 2. The number of carbonyl (C=O) groups excluding carboxylic acids is 2. The van der Waals surface area contributed by atoms with Crippen LogP contribution in [0.4, 0.5) is 10.1 Å². The summed E-state index contributed by atoms with van der Waals surface area (Å²) in [5, 5.41) is 6.47. The fraction of sp³-hybridized carbons (Fsp3) is 0.174. The molecule has 2 amide bonds. The topological polar surface area (TPSA) is 71.1 Å². The van der Waals surface area contributed by atoms with Crippen molar-refractivity contribution in [1.82, 2.24) is 10.3 Å². The zero-order valence-electron chi connectivity index (χ0n) is 16.1. The predicted molar refractivity (Wildman–Crippen MR) is 110 cm³/mol. The van der Waals surface area contributed by atoms with Gasteiger partial charge in [-0.25, -0.2) is 4.39 Å². The summed E-state index contributed by atoms with van der Waals surface area (Å²) in [7, 11) is 0. The Balaban J connectivity index is 1.70. The molecule has 0 saturated carbocycles. The Bertz CT molecular complexity index is 1150. The zero-order chi connectivity index (χ0) is 20.5. The first-order valence-electron chi connectivity index (χ1n) is 9.35. The molecule has 1 aliphatic rings. The third-order valence-electron chi connectivity index (χ3n) is 5.15. The maximum absolute atomic E-state index is 13.3. The van der Waals surface area contributed by atoms with Gasteiger partial charge >= 0.3 is 0 Å². The van der Waals surface area contributed by atoms with Gasteiger partial charge in [0.1, 0.15) is 5.82 Å². The second-order valence-corrected chi connectivity index (χ2v) is 7.21. The van der Waals surface area contributed by atoms with E-state index in [0.717, 1.165) is 27.7 Å². The van der Waals surface area contributed by atoms with Crippen LogP contribution in [0.2, 0.25) is 0 Å². The van der Waals surface area contributed by atoms with Crippen molar-refractivity contribution in [2.75, 3.05) is 5.32 Å². The minimum absolute atomic E-state index is 0.125. The summed E-state index contributed by atoms with van der Waals surface area (Å²) in [4.78, 5) is 29.6. The Morgan fingerprint density at radius 2 is 1.86 bits per heavy atom. The largest absolute Gasteiger partial charge is 0.332 e. The zero-order valence-corrected chi connectivity index (χ0v) is 16.1. The van der Waals surface area contributed by atoms with Crippen LogP contribution in [0.15, 0.2) is 60.3 Å². The summed E-state index contributed by atoms with van der Waals surface area (Å²) < 4.78 is 13.3. The second-order valence-electron chi connectivity index (χ2n) is 7.21. The van der Waals surface area contributed by atoms with Crippen LogP contribution in [0.25, 0.3) is 10.9 Å². The number of hydrogen-bond donors (Lipinski definition) is 2. The van der Waals surface area contributed by atoms with Crippen LogP contribution in [-0.2, 0) is 9.59 Å². The third kappa shape index (κ3) is 3.74. The fourth-order valence-corrected chi connectivity index (χ4v) is 3.60. The molecule has 0 radical (unpaired) electrons. The van der Waals surface area contributed by atoms with E-state index in [1.54, 1.807) is 12.1 Å². The van der Waals surface area contributed by atoms with E-state index in [2.05, 4.69) is 15.6 Å². The molecule has 1 aromatic heterocycles. The smallest absolute Gasteiger partial charge is 0.253 e. The molecule has 2 aromatic carbocycles. The Morgan fingerprint density at radius 3 is 2.62 bits per heavy atom. The van der Waals surface area contributed by atoms with Crippen molar-refractivity contribution >= 4 is 28.4 Å². The number of rotatable bonds is 3. The second kappa shape index (κ2) is 7.47. The Kier molecular flexibility index (Phi) is 4.84. The van der Waals surface area contributed by atoms with Gasteiger partial charge in [0, 0.05) is 35.2 Å². The number of benzene rings is 2. The Morgan fingerprint density at radius 1 is 1.10 bits per heavy atom. The summed E-state index contributed by atoms with van der Waals surface area (Å²) in [5.74, 6) is -1.30. The van der Waals surface area contributed by atoms with Crippen LogP contribution in [0, 0.1) is 19.7 Å². The first kappa shape index (κ1) is 18.8. The predicted octanol–water partition coefficient (Wildman–Crippen LogP) is 4.12. The van der Waals surface area contributed by atoms with Crippen molar-refractivity contribution in [3.05, 3.63) is 82.9 Å². The number of nitrogens with zero attached hydrogens (tertiary/aromatic N) is 1. The van der Waals surface area contributed by atoms with Gasteiger partial charge in [-0.1, -0.05) is 18.2 Å². The van der Waals surface area contributed by atoms with E-state index in [4.69, 9.17) is 0 Å². The molecular formula is C23H20FN3O2. The maximum Gasteiger partial charge on any atom is 0.253 e.